The smallest absolute Gasteiger partial charge is 0.222 e. The predicted molar refractivity (Wildman–Crippen MR) is 150 cm³/mol. The van der Waals surface area contributed by atoms with Crippen molar-refractivity contribution >= 4 is 22.6 Å². The zero-order valence-corrected chi connectivity index (χ0v) is 22.4. The van der Waals surface area contributed by atoms with E-state index in [1.807, 2.05) is 12.1 Å². The molecular formula is C31H49N3O. The maximum absolute atomic E-state index is 12.6. The van der Waals surface area contributed by atoms with E-state index in [0.29, 0.717) is 12.3 Å². The van der Waals surface area contributed by atoms with E-state index in [1.54, 1.807) is 0 Å². The second-order valence-corrected chi connectivity index (χ2v) is 10.4. The van der Waals surface area contributed by atoms with Gasteiger partial charge in [-0.05, 0) is 24.6 Å². The first kappa shape index (κ1) is 27.5. The number of rotatable bonds is 17. The first-order chi connectivity index (χ1) is 17.3. The number of carbonyl (C=O) groups is 1. The Morgan fingerprint density at radius 2 is 1.23 bits per heavy atom. The van der Waals surface area contributed by atoms with Gasteiger partial charge in [-0.1, -0.05) is 115 Å². The largest absolute Gasteiger partial charge is 0.353 e. The SMILES string of the molecule is CCCCCCCCCCCCCCCCCC(=O)N1CCN(c2ccc3ccccc3n2)CC1. The number of carbonyl (C=O) groups excluding carboxylic acids is 1. The van der Waals surface area contributed by atoms with Gasteiger partial charge in [-0.15, -0.1) is 0 Å². The molecule has 0 bridgehead atoms. The van der Waals surface area contributed by atoms with Crippen molar-refractivity contribution in [2.45, 2.75) is 110 Å². The molecule has 0 saturated carbocycles. The van der Waals surface area contributed by atoms with Gasteiger partial charge in [-0.3, -0.25) is 4.79 Å². The number of piperazine rings is 1. The van der Waals surface area contributed by atoms with Gasteiger partial charge in [0.1, 0.15) is 5.82 Å². The molecule has 194 valence electrons. The highest BCUT2D eigenvalue weighted by atomic mass is 16.2. The van der Waals surface area contributed by atoms with E-state index < -0.39 is 0 Å². The van der Waals surface area contributed by atoms with Crippen LogP contribution < -0.4 is 4.90 Å². The van der Waals surface area contributed by atoms with Gasteiger partial charge >= 0.3 is 0 Å². The monoisotopic (exact) mass is 479 g/mol. The molecule has 0 spiro atoms. The molecule has 2 aromatic rings. The normalized spacial score (nSPS) is 14.1. The lowest BCUT2D eigenvalue weighted by atomic mass is 10.0. The Morgan fingerprint density at radius 1 is 0.686 bits per heavy atom. The summed E-state index contributed by atoms with van der Waals surface area (Å²) in [6.45, 7) is 5.65. The van der Waals surface area contributed by atoms with Crippen LogP contribution in [0.5, 0.6) is 0 Å². The molecular weight excluding hydrogens is 430 g/mol. The zero-order valence-electron chi connectivity index (χ0n) is 22.4. The van der Waals surface area contributed by atoms with Gasteiger partial charge in [-0.2, -0.15) is 0 Å². The number of aromatic nitrogens is 1. The van der Waals surface area contributed by atoms with Gasteiger partial charge in [0, 0.05) is 38.0 Å². The first-order valence-corrected chi connectivity index (χ1v) is 14.7. The third-order valence-corrected chi connectivity index (χ3v) is 7.53. The Balaban J connectivity index is 1.16. The quantitative estimate of drug-likeness (QED) is 0.215. The summed E-state index contributed by atoms with van der Waals surface area (Å²) in [7, 11) is 0. The van der Waals surface area contributed by atoms with Gasteiger partial charge in [-0.25, -0.2) is 4.98 Å². The molecule has 1 aromatic heterocycles. The number of amides is 1. The molecule has 0 unspecified atom stereocenters. The molecule has 0 aliphatic carbocycles. The molecule has 1 fully saturated rings. The summed E-state index contributed by atoms with van der Waals surface area (Å²) in [5.41, 5.74) is 1.04. The third kappa shape index (κ3) is 10.2. The van der Waals surface area contributed by atoms with Crippen molar-refractivity contribution in [1.82, 2.24) is 9.88 Å². The molecule has 0 N–H and O–H groups in total. The summed E-state index contributed by atoms with van der Waals surface area (Å²) >= 11 is 0. The third-order valence-electron chi connectivity index (χ3n) is 7.53. The number of benzene rings is 1. The van der Waals surface area contributed by atoms with Crippen LogP contribution in [-0.2, 0) is 4.79 Å². The molecule has 35 heavy (non-hydrogen) atoms. The van der Waals surface area contributed by atoms with E-state index in [9.17, 15) is 4.79 Å². The van der Waals surface area contributed by atoms with E-state index in [-0.39, 0.29) is 0 Å². The number of nitrogens with zero attached hydrogens (tertiary/aromatic N) is 3. The van der Waals surface area contributed by atoms with Gasteiger partial charge in [0.2, 0.25) is 5.91 Å². The summed E-state index contributed by atoms with van der Waals surface area (Å²) in [5, 5.41) is 1.17. The zero-order chi connectivity index (χ0) is 24.6. The fourth-order valence-corrected chi connectivity index (χ4v) is 5.22. The van der Waals surface area contributed by atoms with Crippen LogP contribution in [0.4, 0.5) is 5.82 Å². The lowest BCUT2D eigenvalue weighted by Gasteiger charge is -2.35. The average molecular weight is 480 g/mol. The summed E-state index contributed by atoms with van der Waals surface area (Å²) in [4.78, 5) is 21.8. The molecule has 1 aliphatic heterocycles. The molecule has 0 atom stereocenters. The Kier molecular flexibility index (Phi) is 13.0. The van der Waals surface area contributed by atoms with E-state index in [2.05, 4.69) is 41.0 Å². The topological polar surface area (TPSA) is 36.4 Å². The van der Waals surface area contributed by atoms with Crippen molar-refractivity contribution < 1.29 is 4.79 Å². The molecule has 1 aromatic carbocycles. The molecule has 2 heterocycles. The van der Waals surface area contributed by atoms with E-state index >= 15 is 0 Å². The van der Waals surface area contributed by atoms with Crippen LogP contribution in [0.15, 0.2) is 36.4 Å². The second-order valence-electron chi connectivity index (χ2n) is 10.4. The number of hydrogen-bond donors (Lipinski definition) is 0. The summed E-state index contributed by atoms with van der Waals surface area (Å²) in [6, 6.07) is 12.5. The number of para-hydroxylation sites is 1. The minimum Gasteiger partial charge on any atom is -0.353 e. The minimum absolute atomic E-state index is 0.339. The lowest BCUT2D eigenvalue weighted by molar-refractivity contribution is -0.131. The molecule has 1 saturated heterocycles. The highest BCUT2D eigenvalue weighted by molar-refractivity contribution is 5.80. The van der Waals surface area contributed by atoms with Gasteiger partial charge in [0.25, 0.3) is 0 Å². The Morgan fingerprint density at radius 3 is 1.83 bits per heavy atom. The van der Waals surface area contributed by atoms with Crippen molar-refractivity contribution in [3.05, 3.63) is 36.4 Å². The highest BCUT2D eigenvalue weighted by Gasteiger charge is 2.21. The van der Waals surface area contributed by atoms with Crippen LogP contribution in [-0.4, -0.2) is 42.0 Å². The Labute approximate surface area is 214 Å². The van der Waals surface area contributed by atoms with Crippen LogP contribution in [0.1, 0.15) is 110 Å². The van der Waals surface area contributed by atoms with Crippen molar-refractivity contribution in [2.75, 3.05) is 31.1 Å². The maximum atomic E-state index is 12.6. The Hall–Kier alpha value is -2.10. The minimum atomic E-state index is 0.339. The standard InChI is InChI=1S/C31H49N3O/c1-2-3-4-5-6-7-8-9-10-11-12-13-14-15-16-21-31(35)34-26-24-33(25-27-34)30-23-22-28-19-17-18-20-29(28)32-30/h17-20,22-23H,2-16,21,24-27H2,1H3. The van der Waals surface area contributed by atoms with Gasteiger partial charge in [0.15, 0.2) is 0 Å². The van der Waals surface area contributed by atoms with Crippen LogP contribution >= 0.6 is 0 Å². The van der Waals surface area contributed by atoms with E-state index in [4.69, 9.17) is 4.98 Å². The molecule has 3 rings (SSSR count). The number of pyridine rings is 1. The maximum Gasteiger partial charge on any atom is 0.222 e. The molecule has 4 nitrogen and oxygen atoms in total. The predicted octanol–water partition coefficient (Wildman–Crippen LogP) is 8.14. The number of unbranched alkanes of at least 4 members (excludes halogenated alkanes) is 14. The van der Waals surface area contributed by atoms with E-state index in [0.717, 1.165) is 43.9 Å². The van der Waals surface area contributed by atoms with Crippen LogP contribution in [0.3, 0.4) is 0 Å². The summed E-state index contributed by atoms with van der Waals surface area (Å²) in [6.07, 6.45) is 21.1. The first-order valence-electron chi connectivity index (χ1n) is 14.7. The summed E-state index contributed by atoms with van der Waals surface area (Å²) < 4.78 is 0. The van der Waals surface area contributed by atoms with Crippen molar-refractivity contribution in [1.29, 1.82) is 0 Å². The number of hydrogen-bond acceptors (Lipinski definition) is 3. The van der Waals surface area contributed by atoms with Gasteiger partial charge < -0.3 is 9.80 Å². The summed E-state index contributed by atoms with van der Waals surface area (Å²) in [5.74, 6) is 1.36. The van der Waals surface area contributed by atoms with Crippen molar-refractivity contribution in [3.63, 3.8) is 0 Å². The second kappa shape index (κ2) is 16.5. The van der Waals surface area contributed by atoms with Crippen LogP contribution in [0, 0.1) is 0 Å². The fraction of sp³-hybridized carbons (Fsp3) is 0.677. The molecule has 1 aliphatic rings. The van der Waals surface area contributed by atoms with Gasteiger partial charge in [0.05, 0.1) is 5.52 Å². The van der Waals surface area contributed by atoms with Crippen molar-refractivity contribution in [3.8, 4) is 0 Å². The Bertz CT molecular complexity index is 844. The van der Waals surface area contributed by atoms with Crippen LogP contribution in [0.25, 0.3) is 10.9 Å². The number of anilines is 1. The van der Waals surface area contributed by atoms with Crippen molar-refractivity contribution in [2.24, 2.45) is 0 Å². The molecule has 4 heteroatoms. The van der Waals surface area contributed by atoms with E-state index in [1.165, 1.54) is 95.3 Å². The highest BCUT2D eigenvalue weighted by Crippen LogP contribution is 2.20. The lowest BCUT2D eigenvalue weighted by Crippen LogP contribution is -2.49. The fourth-order valence-electron chi connectivity index (χ4n) is 5.22. The van der Waals surface area contributed by atoms with Crippen LogP contribution in [0.2, 0.25) is 0 Å². The molecule has 0 radical (unpaired) electrons. The average Bonchev–Trinajstić information content (AvgIpc) is 2.90. The molecule has 1 amide bonds. The number of fused-ring (bicyclic) bond motifs is 1.